The second-order valence-electron chi connectivity index (χ2n) is 4.78. The summed E-state index contributed by atoms with van der Waals surface area (Å²) in [6.45, 7) is 6.57. The molecule has 1 N–H and O–H groups in total. The van der Waals surface area contributed by atoms with Crippen molar-refractivity contribution in [1.29, 1.82) is 0 Å². The molecule has 0 bridgehead atoms. The third kappa shape index (κ3) is 5.17. The molecule has 1 atom stereocenters. The quantitative estimate of drug-likeness (QED) is 0.667. The van der Waals surface area contributed by atoms with Crippen LogP contribution in [0.1, 0.15) is 38.7 Å². The Labute approximate surface area is 121 Å². The number of hydrogen-bond donors (Lipinski definition) is 1. The molecule has 0 radical (unpaired) electrons. The SMILES string of the molecule is CCCNCC(CCC)Cc1cccc(Cl)c1Cl. The lowest BCUT2D eigenvalue weighted by atomic mass is 9.95. The van der Waals surface area contributed by atoms with Crippen LogP contribution in [0.4, 0.5) is 0 Å². The second kappa shape index (κ2) is 8.79. The lowest BCUT2D eigenvalue weighted by Gasteiger charge is -2.18. The van der Waals surface area contributed by atoms with Gasteiger partial charge in [0, 0.05) is 0 Å². The molecule has 0 aromatic heterocycles. The third-order valence-electron chi connectivity index (χ3n) is 3.10. The van der Waals surface area contributed by atoms with E-state index in [0.717, 1.165) is 24.5 Å². The minimum absolute atomic E-state index is 0.637. The smallest absolute Gasteiger partial charge is 0.0624 e. The number of benzene rings is 1. The molecular weight excluding hydrogens is 265 g/mol. The van der Waals surface area contributed by atoms with Crippen LogP contribution in [-0.2, 0) is 6.42 Å². The Morgan fingerprint density at radius 1 is 1.17 bits per heavy atom. The van der Waals surface area contributed by atoms with E-state index in [9.17, 15) is 0 Å². The summed E-state index contributed by atoms with van der Waals surface area (Å²) >= 11 is 12.3. The average Bonchev–Trinajstić information content (AvgIpc) is 2.35. The highest BCUT2D eigenvalue weighted by atomic mass is 35.5. The topological polar surface area (TPSA) is 12.0 Å². The summed E-state index contributed by atoms with van der Waals surface area (Å²) in [7, 11) is 0. The van der Waals surface area contributed by atoms with Gasteiger partial charge in [0.05, 0.1) is 10.0 Å². The minimum atomic E-state index is 0.637. The monoisotopic (exact) mass is 287 g/mol. The van der Waals surface area contributed by atoms with E-state index in [1.165, 1.54) is 24.8 Å². The van der Waals surface area contributed by atoms with Crippen LogP contribution in [0.5, 0.6) is 0 Å². The lowest BCUT2D eigenvalue weighted by molar-refractivity contribution is 0.439. The Hall–Kier alpha value is -0.240. The summed E-state index contributed by atoms with van der Waals surface area (Å²) in [5.41, 5.74) is 1.17. The van der Waals surface area contributed by atoms with Crippen molar-refractivity contribution in [2.75, 3.05) is 13.1 Å². The molecule has 0 spiro atoms. The van der Waals surface area contributed by atoms with Crippen molar-refractivity contribution < 1.29 is 0 Å². The first-order valence-corrected chi connectivity index (χ1v) is 7.58. The average molecular weight is 288 g/mol. The zero-order valence-electron chi connectivity index (χ0n) is 11.3. The Bertz CT molecular complexity index is 352. The fourth-order valence-corrected chi connectivity index (χ4v) is 2.58. The zero-order valence-corrected chi connectivity index (χ0v) is 12.8. The van der Waals surface area contributed by atoms with E-state index in [4.69, 9.17) is 23.2 Å². The van der Waals surface area contributed by atoms with Gasteiger partial charge in [0.2, 0.25) is 0 Å². The van der Waals surface area contributed by atoms with Crippen molar-refractivity contribution in [3.05, 3.63) is 33.8 Å². The molecular formula is C15H23Cl2N. The fraction of sp³-hybridized carbons (Fsp3) is 0.600. The number of hydrogen-bond acceptors (Lipinski definition) is 1. The molecule has 1 nitrogen and oxygen atoms in total. The van der Waals surface area contributed by atoms with Crippen molar-refractivity contribution in [3.63, 3.8) is 0 Å². The first-order valence-electron chi connectivity index (χ1n) is 6.82. The van der Waals surface area contributed by atoms with Crippen molar-refractivity contribution in [1.82, 2.24) is 5.32 Å². The molecule has 1 rings (SSSR count). The van der Waals surface area contributed by atoms with Gasteiger partial charge < -0.3 is 5.32 Å². The van der Waals surface area contributed by atoms with Crippen LogP contribution in [0.3, 0.4) is 0 Å². The summed E-state index contributed by atoms with van der Waals surface area (Å²) in [5, 5.41) is 4.87. The van der Waals surface area contributed by atoms with E-state index in [0.29, 0.717) is 10.9 Å². The summed E-state index contributed by atoms with van der Waals surface area (Å²) in [4.78, 5) is 0. The number of halogens is 2. The maximum absolute atomic E-state index is 6.25. The summed E-state index contributed by atoms with van der Waals surface area (Å²) in [6.07, 6.45) is 4.61. The molecule has 0 heterocycles. The highest BCUT2D eigenvalue weighted by Gasteiger charge is 2.12. The molecule has 0 saturated carbocycles. The van der Waals surface area contributed by atoms with Crippen LogP contribution in [0.2, 0.25) is 10.0 Å². The van der Waals surface area contributed by atoms with Crippen LogP contribution in [0.15, 0.2) is 18.2 Å². The Morgan fingerprint density at radius 2 is 1.94 bits per heavy atom. The minimum Gasteiger partial charge on any atom is -0.316 e. The zero-order chi connectivity index (χ0) is 13.4. The predicted octanol–water partition coefficient (Wildman–Crippen LogP) is 4.95. The second-order valence-corrected chi connectivity index (χ2v) is 5.56. The van der Waals surface area contributed by atoms with E-state index < -0.39 is 0 Å². The summed E-state index contributed by atoms with van der Waals surface area (Å²) < 4.78 is 0. The van der Waals surface area contributed by atoms with Gasteiger partial charge in [-0.1, -0.05) is 55.6 Å². The van der Waals surface area contributed by atoms with Crippen molar-refractivity contribution in [2.45, 2.75) is 39.5 Å². The molecule has 1 aromatic rings. The van der Waals surface area contributed by atoms with Gasteiger partial charge in [-0.05, 0) is 49.9 Å². The summed E-state index contributed by atoms with van der Waals surface area (Å²) in [5.74, 6) is 0.637. The Morgan fingerprint density at radius 3 is 2.61 bits per heavy atom. The largest absolute Gasteiger partial charge is 0.316 e. The predicted molar refractivity (Wildman–Crippen MR) is 81.7 cm³/mol. The van der Waals surface area contributed by atoms with Gasteiger partial charge in [-0.15, -0.1) is 0 Å². The molecule has 0 saturated heterocycles. The van der Waals surface area contributed by atoms with Crippen LogP contribution in [-0.4, -0.2) is 13.1 Å². The molecule has 0 fully saturated rings. The van der Waals surface area contributed by atoms with Crippen LogP contribution in [0, 0.1) is 5.92 Å². The van der Waals surface area contributed by atoms with E-state index >= 15 is 0 Å². The standard InChI is InChI=1S/C15H23Cl2N/c1-3-6-12(11-18-9-4-2)10-13-7-5-8-14(16)15(13)17/h5,7-8,12,18H,3-4,6,9-11H2,1-2H3. The van der Waals surface area contributed by atoms with Gasteiger partial charge in [0.1, 0.15) is 0 Å². The molecule has 0 aliphatic carbocycles. The molecule has 0 aliphatic rings. The van der Waals surface area contributed by atoms with Gasteiger partial charge in [-0.3, -0.25) is 0 Å². The first-order chi connectivity index (χ1) is 8.69. The van der Waals surface area contributed by atoms with E-state index in [1.54, 1.807) is 0 Å². The molecule has 1 aromatic carbocycles. The Kier molecular flexibility index (Phi) is 7.73. The van der Waals surface area contributed by atoms with Crippen LogP contribution in [0.25, 0.3) is 0 Å². The first kappa shape index (κ1) is 15.8. The maximum Gasteiger partial charge on any atom is 0.0624 e. The van der Waals surface area contributed by atoms with E-state index in [1.807, 2.05) is 12.1 Å². The van der Waals surface area contributed by atoms with Crippen LogP contribution < -0.4 is 5.32 Å². The van der Waals surface area contributed by atoms with Crippen molar-refractivity contribution in [3.8, 4) is 0 Å². The molecule has 0 amide bonds. The normalized spacial score (nSPS) is 12.7. The molecule has 18 heavy (non-hydrogen) atoms. The van der Waals surface area contributed by atoms with Gasteiger partial charge in [0.25, 0.3) is 0 Å². The van der Waals surface area contributed by atoms with Gasteiger partial charge in [0.15, 0.2) is 0 Å². The number of rotatable bonds is 8. The number of nitrogens with one attached hydrogen (secondary N) is 1. The van der Waals surface area contributed by atoms with Gasteiger partial charge in [-0.25, -0.2) is 0 Å². The Balaban J connectivity index is 2.61. The third-order valence-corrected chi connectivity index (χ3v) is 3.95. The van der Waals surface area contributed by atoms with Gasteiger partial charge in [-0.2, -0.15) is 0 Å². The summed E-state index contributed by atoms with van der Waals surface area (Å²) in [6, 6.07) is 5.90. The van der Waals surface area contributed by atoms with E-state index in [2.05, 4.69) is 25.2 Å². The van der Waals surface area contributed by atoms with Crippen LogP contribution >= 0.6 is 23.2 Å². The molecule has 3 heteroatoms. The molecule has 1 unspecified atom stereocenters. The fourth-order valence-electron chi connectivity index (χ4n) is 2.18. The highest BCUT2D eigenvalue weighted by Crippen LogP contribution is 2.28. The lowest BCUT2D eigenvalue weighted by Crippen LogP contribution is -2.25. The maximum atomic E-state index is 6.25. The van der Waals surface area contributed by atoms with E-state index in [-0.39, 0.29) is 0 Å². The van der Waals surface area contributed by atoms with Crippen molar-refractivity contribution >= 4 is 23.2 Å². The highest BCUT2D eigenvalue weighted by molar-refractivity contribution is 6.42. The molecule has 0 aliphatic heterocycles. The van der Waals surface area contributed by atoms with Crippen molar-refractivity contribution in [2.24, 2.45) is 5.92 Å². The molecule has 102 valence electrons. The van der Waals surface area contributed by atoms with Gasteiger partial charge >= 0.3 is 0 Å².